The number of halogens is 3. The molecule has 1 aromatic heterocycles. The number of benzene rings is 2. The van der Waals surface area contributed by atoms with Gasteiger partial charge in [-0.15, -0.1) is 8.78 Å². The Balaban J connectivity index is 1.66. The van der Waals surface area contributed by atoms with E-state index in [9.17, 15) is 18.4 Å². The first-order chi connectivity index (χ1) is 17.4. The fourth-order valence-corrected chi connectivity index (χ4v) is 4.74. The molecule has 1 aliphatic rings. The fourth-order valence-electron chi connectivity index (χ4n) is 4.65. The number of aromatic amines is 1. The molecule has 2 N–H and O–H groups in total. The van der Waals surface area contributed by atoms with Gasteiger partial charge in [-0.1, -0.05) is 0 Å². The lowest BCUT2D eigenvalue weighted by molar-refractivity contribution is -0.127. The van der Waals surface area contributed by atoms with Crippen molar-refractivity contribution in [1.82, 2.24) is 15.1 Å². The van der Waals surface area contributed by atoms with Crippen LogP contribution < -0.4 is 15.0 Å². The summed E-state index contributed by atoms with van der Waals surface area (Å²) in [5.74, 6) is -0.507. The average Bonchev–Trinajstić information content (AvgIpc) is 3.46. The van der Waals surface area contributed by atoms with Gasteiger partial charge in [0, 0.05) is 61.2 Å². The van der Waals surface area contributed by atoms with E-state index >= 15 is 0 Å². The minimum atomic E-state index is -3.82. The summed E-state index contributed by atoms with van der Waals surface area (Å²) in [6, 6.07) is 11.2. The third-order valence-electron chi connectivity index (χ3n) is 6.27. The quantitative estimate of drug-likeness (QED) is 0.394. The minimum Gasteiger partial charge on any atom is -0.420 e. The van der Waals surface area contributed by atoms with Crippen molar-refractivity contribution >= 4 is 34.8 Å². The average molecular weight is 532 g/mol. The molecule has 0 spiro atoms. The largest absolute Gasteiger partial charge is 0.487 e. The molecule has 0 aliphatic carbocycles. The van der Waals surface area contributed by atoms with Crippen molar-refractivity contribution in [3.05, 3.63) is 59.8 Å². The second-order valence-electron chi connectivity index (χ2n) is 9.29. The number of alkyl halides is 3. The second-order valence-corrected chi connectivity index (χ2v) is 9.73. The fraction of sp³-hybridized carbons (Fsp3) is 0.346. The zero-order chi connectivity index (χ0) is 26.9. The summed E-state index contributed by atoms with van der Waals surface area (Å²) in [4.78, 5) is 29.2. The molecule has 0 radical (unpaired) electrons. The van der Waals surface area contributed by atoms with Gasteiger partial charge in [-0.2, -0.15) is 5.10 Å². The van der Waals surface area contributed by atoms with Crippen molar-refractivity contribution < 1.29 is 23.1 Å². The van der Waals surface area contributed by atoms with E-state index in [1.807, 2.05) is 12.1 Å². The molecule has 0 saturated carbocycles. The molecular formula is C26H28ClF2N5O3. The molecule has 8 nitrogen and oxygen atoms in total. The van der Waals surface area contributed by atoms with Gasteiger partial charge in [0.2, 0.25) is 5.91 Å². The summed E-state index contributed by atoms with van der Waals surface area (Å²) in [6.07, 6.45) is 2.31. The third-order valence-corrected chi connectivity index (χ3v) is 6.35. The van der Waals surface area contributed by atoms with E-state index < -0.39 is 5.57 Å². The lowest BCUT2D eigenvalue weighted by Crippen LogP contribution is -2.45. The highest BCUT2D eigenvalue weighted by Gasteiger charge is 2.35. The van der Waals surface area contributed by atoms with Crippen molar-refractivity contribution in [3.63, 3.8) is 0 Å². The topological polar surface area (TPSA) is 90.6 Å². The number of carbonyl (C=O) groups is 2. The summed E-state index contributed by atoms with van der Waals surface area (Å²) in [6.45, 7) is 6.28. The molecule has 4 rings (SSSR count). The Morgan fingerprint density at radius 1 is 1.27 bits per heavy atom. The highest BCUT2D eigenvalue weighted by atomic mass is 35.5. The standard InChI is InChI=1S/C26H28ClF2N5O3/c1-15(2)34-20(14-33(4)16(3)35)12-17-11-18(13-22(24(17)34)23-9-10-30-32-23)25(36)31-19-5-7-21(8-6-19)37-26(27,28)29/h5-11,13,15,20H,12,14H2,1-4H3,(H,30,32)(H,31,36). The number of aromatic nitrogens is 2. The molecule has 11 heteroatoms. The first kappa shape index (κ1) is 26.4. The number of hydrogen-bond acceptors (Lipinski definition) is 5. The predicted octanol–water partition coefficient (Wildman–Crippen LogP) is 5.11. The van der Waals surface area contributed by atoms with Crippen LogP contribution in [0, 0.1) is 0 Å². The number of hydrogen-bond donors (Lipinski definition) is 2. The molecule has 37 heavy (non-hydrogen) atoms. The van der Waals surface area contributed by atoms with E-state index in [4.69, 9.17) is 11.6 Å². The Morgan fingerprint density at radius 2 is 1.97 bits per heavy atom. The van der Waals surface area contributed by atoms with Crippen LogP contribution in [0.25, 0.3) is 11.3 Å². The maximum absolute atomic E-state index is 13.2. The molecule has 1 atom stereocenters. The van der Waals surface area contributed by atoms with Crippen LogP contribution in [-0.2, 0) is 11.2 Å². The summed E-state index contributed by atoms with van der Waals surface area (Å²) in [5.41, 5.74) is 0.598. The van der Waals surface area contributed by atoms with Crippen LogP contribution >= 0.6 is 11.6 Å². The lowest BCUT2D eigenvalue weighted by atomic mass is 9.99. The maximum atomic E-state index is 13.2. The molecular weight excluding hydrogens is 504 g/mol. The zero-order valence-corrected chi connectivity index (χ0v) is 21.6. The van der Waals surface area contributed by atoms with Gasteiger partial charge in [0.15, 0.2) is 0 Å². The Kier molecular flexibility index (Phi) is 7.40. The molecule has 2 aromatic carbocycles. The van der Waals surface area contributed by atoms with E-state index in [-0.39, 0.29) is 29.6 Å². The molecule has 2 amide bonds. The van der Waals surface area contributed by atoms with Crippen LogP contribution in [0.15, 0.2) is 48.7 Å². The number of ether oxygens (including phenoxy) is 1. The molecule has 1 unspecified atom stereocenters. The van der Waals surface area contributed by atoms with Gasteiger partial charge in [-0.05, 0) is 68.3 Å². The Bertz CT molecular complexity index is 1280. The number of rotatable bonds is 8. The highest BCUT2D eigenvalue weighted by molar-refractivity contribution is 6.20. The van der Waals surface area contributed by atoms with E-state index in [0.717, 1.165) is 22.5 Å². The minimum absolute atomic E-state index is 0.0142. The lowest BCUT2D eigenvalue weighted by Gasteiger charge is -2.34. The number of nitrogens with one attached hydrogen (secondary N) is 2. The number of nitrogens with zero attached hydrogens (tertiary/aromatic N) is 3. The summed E-state index contributed by atoms with van der Waals surface area (Å²) in [5, 5.41) is 9.88. The van der Waals surface area contributed by atoms with Gasteiger partial charge < -0.3 is 19.9 Å². The summed E-state index contributed by atoms with van der Waals surface area (Å²) >= 11 is 4.80. The zero-order valence-electron chi connectivity index (χ0n) is 20.9. The van der Waals surface area contributed by atoms with Crippen LogP contribution in [-0.4, -0.2) is 58.2 Å². The van der Waals surface area contributed by atoms with Gasteiger partial charge in [-0.25, -0.2) is 0 Å². The van der Waals surface area contributed by atoms with Gasteiger partial charge >= 0.3 is 5.57 Å². The maximum Gasteiger partial charge on any atom is 0.487 e. The van der Waals surface area contributed by atoms with Crippen molar-refractivity contribution in [3.8, 4) is 17.0 Å². The molecule has 0 fully saturated rings. The molecule has 0 saturated heterocycles. The molecule has 3 aromatic rings. The van der Waals surface area contributed by atoms with Crippen molar-refractivity contribution in [2.45, 2.75) is 44.8 Å². The molecule has 2 heterocycles. The Morgan fingerprint density at radius 3 is 2.54 bits per heavy atom. The number of carbonyl (C=O) groups excluding carboxylic acids is 2. The Labute approximate surface area is 218 Å². The van der Waals surface area contributed by atoms with Crippen LogP contribution in [0.5, 0.6) is 5.75 Å². The normalized spacial score (nSPS) is 15.0. The Hall–Kier alpha value is -3.66. The molecule has 1 aliphatic heterocycles. The molecule has 0 bridgehead atoms. The highest BCUT2D eigenvalue weighted by Crippen LogP contribution is 2.42. The first-order valence-corrected chi connectivity index (χ1v) is 12.1. The van der Waals surface area contributed by atoms with Gasteiger partial charge in [0.25, 0.3) is 5.91 Å². The number of anilines is 2. The van der Waals surface area contributed by atoms with Gasteiger partial charge in [0.1, 0.15) is 5.75 Å². The van der Waals surface area contributed by atoms with Crippen molar-refractivity contribution in [2.24, 2.45) is 0 Å². The van der Waals surface area contributed by atoms with Crippen LogP contribution in [0.2, 0.25) is 0 Å². The summed E-state index contributed by atoms with van der Waals surface area (Å²) in [7, 11) is 1.78. The number of amides is 2. The smallest absolute Gasteiger partial charge is 0.420 e. The van der Waals surface area contributed by atoms with E-state index in [0.29, 0.717) is 24.2 Å². The predicted molar refractivity (Wildman–Crippen MR) is 138 cm³/mol. The monoisotopic (exact) mass is 531 g/mol. The van der Waals surface area contributed by atoms with Gasteiger partial charge in [0.05, 0.1) is 17.4 Å². The van der Waals surface area contributed by atoms with E-state index in [1.54, 1.807) is 31.1 Å². The van der Waals surface area contributed by atoms with Crippen LogP contribution in [0.1, 0.15) is 36.7 Å². The number of fused-ring (bicyclic) bond motifs is 1. The van der Waals surface area contributed by atoms with Crippen molar-refractivity contribution in [1.29, 1.82) is 0 Å². The summed E-state index contributed by atoms with van der Waals surface area (Å²) < 4.78 is 30.0. The first-order valence-electron chi connectivity index (χ1n) is 11.8. The van der Waals surface area contributed by atoms with E-state index in [1.165, 1.54) is 24.3 Å². The number of likely N-dealkylation sites (N-methyl/N-ethyl adjacent to an activating group) is 1. The van der Waals surface area contributed by atoms with Crippen molar-refractivity contribution in [2.75, 3.05) is 23.8 Å². The van der Waals surface area contributed by atoms with Crippen LogP contribution in [0.3, 0.4) is 0 Å². The number of H-pyrrole nitrogens is 1. The third kappa shape index (κ3) is 6.02. The molecule has 196 valence electrons. The van der Waals surface area contributed by atoms with Gasteiger partial charge in [-0.3, -0.25) is 14.7 Å². The van der Waals surface area contributed by atoms with E-state index in [2.05, 4.69) is 39.0 Å². The van der Waals surface area contributed by atoms with Crippen LogP contribution in [0.4, 0.5) is 20.2 Å². The second kappa shape index (κ2) is 10.4. The SMILES string of the molecule is CC(=O)N(C)CC1Cc2cc(C(=O)Nc3ccc(OC(F)(F)Cl)cc3)cc(-c3ccn[nH]3)c2N1C(C)C.